The molecule has 5 heteroatoms. The van der Waals surface area contributed by atoms with Crippen molar-refractivity contribution in [1.29, 1.82) is 0 Å². The predicted molar refractivity (Wildman–Crippen MR) is 78.9 cm³/mol. The van der Waals surface area contributed by atoms with Gasteiger partial charge in [0.25, 0.3) is 0 Å². The Balaban J connectivity index is 2.06. The summed E-state index contributed by atoms with van der Waals surface area (Å²) in [6.07, 6.45) is 3.27. The van der Waals surface area contributed by atoms with E-state index in [1.165, 1.54) is 18.2 Å². The fourth-order valence-electron chi connectivity index (χ4n) is 2.83. The van der Waals surface area contributed by atoms with Crippen LogP contribution in [0.2, 0.25) is 0 Å². The topological polar surface area (TPSA) is 58.4 Å². The zero-order valence-electron chi connectivity index (χ0n) is 12.0. The minimum atomic E-state index is -0.465. The standard InChI is InChI=1S/C15H22FN3O/c1-3-12-5-4-8-19(12)10(2)15(20)18-14-9-11(17)6-7-13(14)16/h6-7,9-10,12H,3-5,8,17H2,1-2H3,(H,18,20). The fourth-order valence-corrected chi connectivity index (χ4v) is 2.83. The van der Waals surface area contributed by atoms with Crippen LogP contribution >= 0.6 is 0 Å². The number of rotatable bonds is 4. The molecule has 1 amide bonds. The van der Waals surface area contributed by atoms with E-state index in [2.05, 4.69) is 17.1 Å². The molecular formula is C15H22FN3O. The Morgan fingerprint density at radius 2 is 2.35 bits per heavy atom. The minimum Gasteiger partial charge on any atom is -0.399 e. The number of hydrogen-bond acceptors (Lipinski definition) is 3. The number of hydrogen-bond donors (Lipinski definition) is 2. The lowest BCUT2D eigenvalue weighted by molar-refractivity contribution is -0.121. The van der Waals surface area contributed by atoms with Crippen LogP contribution in [0.3, 0.4) is 0 Å². The van der Waals surface area contributed by atoms with E-state index >= 15 is 0 Å². The van der Waals surface area contributed by atoms with E-state index in [4.69, 9.17) is 5.73 Å². The number of amides is 1. The Kier molecular flexibility index (Phi) is 4.60. The van der Waals surface area contributed by atoms with Gasteiger partial charge in [-0.15, -0.1) is 0 Å². The molecular weight excluding hydrogens is 257 g/mol. The summed E-state index contributed by atoms with van der Waals surface area (Å²) in [5.74, 6) is -0.650. The van der Waals surface area contributed by atoms with E-state index in [0.29, 0.717) is 11.7 Å². The Morgan fingerprint density at radius 1 is 1.60 bits per heavy atom. The Labute approximate surface area is 119 Å². The van der Waals surface area contributed by atoms with E-state index in [9.17, 15) is 9.18 Å². The van der Waals surface area contributed by atoms with Gasteiger partial charge in [-0.3, -0.25) is 9.69 Å². The summed E-state index contributed by atoms with van der Waals surface area (Å²) >= 11 is 0. The zero-order valence-corrected chi connectivity index (χ0v) is 12.0. The van der Waals surface area contributed by atoms with Gasteiger partial charge in [-0.05, 0) is 50.9 Å². The van der Waals surface area contributed by atoms with E-state index in [1.54, 1.807) is 0 Å². The smallest absolute Gasteiger partial charge is 0.241 e. The number of nitrogen functional groups attached to an aromatic ring is 1. The number of carbonyl (C=O) groups is 1. The van der Waals surface area contributed by atoms with Gasteiger partial charge in [0.2, 0.25) is 5.91 Å². The third-order valence-electron chi connectivity index (χ3n) is 4.02. The quantitative estimate of drug-likeness (QED) is 0.833. The molecule has 0 aliphatic carbocycles. The van der Waals surface area contributed by atoms with Gasteiger partial charge in [0, 0.05) is 11.7 Å². The number of nitrogens with two attached hydrogens (primary N) is 1. The van der Waals surface area contributed by atoms with Crippen molar-refractivity contribution in [3.8, 4) is 0 Å². The number of benzene rings is 1. The molecule has 1 aliphatic heterocycles. The average Bonchev–Trinajstić information content (AvgIpc) is 2.90. The van der Waals surface area contributed by atoms with Crippen LogP contribution in [0.15, 0.2) is 18.2 Å². The van der Waals surface area contributed by atoms with Crippen LogP contribution in [-0.4, -0.2) is 29.4 Å². The van der Waals surface area contributed by atoms with E-state index in [1.807, 2.05) is 6.92 Å². The molecule has 0 aromatic heterocycles. The van der Waals surface area contributed by atoms with E-state index in [0.717, 1.165) is 25.8 Å². The van der Waals surface area contributed by atoms with Gasteiger partial charge in [-0.1, -0.05) is 6.92 Å². The van der Waals surface area contributed by atoms with Gasteiger partial charge >= 0.3 is 0 Å². The number of likely N-dealkylation sites (tertiary alicyclic amines) is 1. The second-order valence-electron chi connectivity index (χ2n) is 5.35. The number of carbonyl (C=O) groups excluding carboxylic acids is 1. The number of nitrogens with zero attached hydrogens (tertiary/aromatic N) is 1. The third-order valence-corrected chi connectivity index (χ3v) is 4.02. The Bertz CT molecular complexity index is 492. The molecule has 110 valence electrons. The molecule has 2 atom stereocenters. The molecule has 0 radical (unpaired) electrons. The Morgan fingerprint density at radius 3 is 3.05 bits per heavy atom. The first-order valence-electron chi connectivity index (χ1n) is 7.14. The summed E-state index contributed by atoms with van der Waals surface area (Å²) in [4.78, 5) is 14.5. The lowest BCUT2D eigenvalue weighted by Crippen LogP contribution is -2.44. The summed E-state index contributed by atoms with van der Waals surface area (Å²) in [5.41, 5.74) is 6.20. The normalized spacial score (nSPS) is 20.9. The van der Waals surface area contributed by atoms with Crippen LogP contribution in [0.4, 0.5) is 15.8 Å². The molecule has 1 fully saturated rings. The maximum Gasteiger partial charge on any atom is 0.241 e. The molecule has 1 heterocycles. The maximum absolute atomic E-state index is 13.6. The van der Waals surface area contributed by atoms with Crippen LogP contribution in [0.1, 0.15) is 33.1 Å². The highest BCUT2D eigenvalue weighted by molar-refractivity contribution is 5.95. The van der Waals surface area contributed by atoms with Crippen LogP contribution in [-0.2, 0) is 4.79 Å². The monoisotopic (exact) mass is 279 g/mol. The molecule has 20 heavy (non-hydrogen) atoms. The molecule has 0 bridgehead atoms. The van der Waals surface area contributed by atoms with Crippen LogP contribution in [0.5, 0.6) is 0 Å². The van der Waals surface area contributed by atoms with Crippen molar-refractivity contribution in [3.05, 3.63) is 24.0 Å². The van der Waals surface area contributed by atoms with Gasteiger partial charge in [0.1, 0.15) is 5.82 Å². The first kappa shape index (κ1) is 14.8. The fraction of sp³-hybridized carbons (Fsp3) is 0.533. The summed E-state index contributed by atoms with van der Waals surface area (Å²) in [5, 5.41) is 2.64. The van der Waals surface area contributed by atoms with Gasteiger partial charge in [-0.25, -0.2) is 4.39 Å². The summed E-state index contributed by atoms with van der Waals surface area (Å²) < 4.78 is 13.6. The SMILES string of the molecule is CCC1CCCN1C(C)C(=O)Nc1cc(N)ccc1F. The molecule has 0 spiro atoms. The van der Waals surface area contributed by atoms with Crippen LogP contribution in [0.25, 0.3) is 0 Å². The molecule has 1 saturated heterocycles. The van der Waals surface area contributed by atoms with E-state index < -0.39 is 5.82 Å². The molecule has 2 rings (SSSR count). The van der Waals surface area contributed by atoms with Gasteiger partial charge in [0.15, 0.2) is 0 Å². The van der Waals surface area contributed by atoms with Crippen molar-refractivity contribution in [2.45, 2.75) is 45.2 Å². The minimum absolute atomic E-state index is 0.147. The van der Waals surface area contributed by atoms with Crippen LogP contribution in [0, 0.1) is 5.82 Å². The summed E-state index contributed by atoms with van der Waals surface area (Å²) in [6.45, 7) is 4.92. The molecule has 4 nitrogen and oxygen atoms in total. The summed E-state index contributed by atoms with van der Waals surface area (Å²) in [7, 11) is 0. The van der Waals surface area contributed by atoms with Crippen LogP contribution < -0.4 is 11.1 Å². The first-order valence-corrected chi connectivity index (χ1v) is 7.14. The molecule has 2 unspecified atom stereocenters. The van der Waals surface area contributed by atoms with E-state index in [-0.39, 0.29) is 17.6 Å². The second kappa shape index (κ2) is 6.22. The lowest BCUT2D eigenvalue weighted by Gasteiger charge is -2.29. The molecule has 1 aliphatic rings. The molecule has 1 aromatic rings. The second-order valence-corrected chi connectivity index (χ2v) is 5.35. The third kappa shape index (κ3) is 3.10. The van der Waals surface area contributed by atoms with Crippen molar-refractivity contribution in [3.63, 3.8) is 0 Å². The maximum atomic E-state index is 13.6. The number of anilines is 2. The van der Waals surface area contributed by atoms with Gasteiger partial charge in [-0.2, -0.15) is 0 Å². The highest BCUT2D eigenvalue weighted by Crippen LogP contribution is 2.24. The first-order chi connectivity index (χ1) is 9.52. The zero-order chi connectivity index (χ0) is 14.7. The summed E-state index contributed by atoms with van der Waals surface area (Å²) in [6, 6.07) is 4.37. The van der Waals surface area contributed by atoms with Crippen molar-refractivity contribution >= 4 is 17.3 Å². The van der Waals surface area contributed by atoms with Crippen molar-refractivity contribution in [2.75, 3.05) is 17.6 Å². The largest absolute Gasteiger partial charge is 0.399 e. The van der Waals surface area contributed by atoms with Crippen molar-refractivity contribution < 1.29 is 9.18 Å². The van der Waals surface area contributed by atoms with Gasteiger partial charge < -0.3 is 11.1 Å². The number of halogens is 1. The highest BCUT2D eigenvalue weighted by atomic mass is 19.1. The lowest BCUT2D eigenvalue weighted by atomic mass is 10.1. The van der Waals surface area contributed by atoms with Crippen molar-refractivity contribution in [1.82, 2.24) is 4.90 Å². The molecule has 1 aromatic carbocycles. The van der Waals surface area contributed by atoms with Crippen molar-refractivity contribution in [2.24, 2.45) is 0 Å². The molecule has 3 N–H and O–H groups in total. The number of nitrogens with one attached hydrogen (secondary N) is 1. The Hall–Kier alpha value is -1.62. The highest BCUT2D eigenvalue weighted by Gasteiger charge is 2.31. The average molecular weight is 279 g/mol. The van der Waals surface area contributed by atoms with Gasteiger partial charge in [0.05, 0.1) is 11.7 Å². The predicted octanol–water partition coefficient (Wildman–Crippen LogP) is 2.61. The molecule has 0 saturated carbocycles.